The van der Waals surface area contributed by atoms with Gasteiger partial charge in [0.2, 0.25) is 0 Å². The molecule has 1 aromatic rings. The first kappa shape index (κ1) is 12.2. The minimum atomic E-state index is -0.317. The average molecular weight is 252 g/mol. The van der Waals surface area contributed by atoms with Gasteiger partial charge in [0.05, 0.1) is 4.92 Å². The third-order valence-electron chi connectivity index (χ3n) is 3.07. The van der Waals surface area contributed by atoms with Gasteiger partial charge in [-0.2, -0.15) is 11.8 Å². The zero-order valence-electron chi connectivity index (χ0n) is 9.97. The van der Waals surface area contributed by atoms with Gasteiger partial charge in [0, 0.05) is 17.4 Å². The number of aryl methyl sites for hydroxylation is 1. The molecule has 2 atom stereocenters. The van der Waals surface area contributed by atoms with E-state index in [9.17, 15) is 10.1 Å². The van der Waals surface area contributed by atoms with Crippen molar-refractivity contribution < 1.29 is 4.92 Å². The Kier molecular flexibility index (Phi) is 3.57. The Morgan fingerprint density at radius 2 is 2.29 bits per heavy atom. The van der Waals surface area contributed by atoms with Crippen LogP contribution in [0.15, 0.2) is 18.2 Å². The molecule has 0 spiro atoms. The van der Waals surface area contributed by atoms with Crippen LogP contribution in [0.2, 0.25) is 0 Å². The summed E-state index contributed by atoms with van der Waals surface area (Å²) in [4.78, 5) is 10.7. The van der Waals surface area contributed by atoms with Crippen LogP contribution in [0.3, 0.4) is 0 Å². The summed E-state index contributed by atoms with van der Waals surface area (Å²) in [6.45, 7) is 4.03. The molecule has 5 heteroatoms. The molecule has 0 aliphatic carbocycles. The van der Waals surface area contributed by atoms with Gasteiger partial charge in [-0.25, -0.2) is 0 Å². The smallest absolute Gasteiger partial charge is 0.292 e. The highest BCUT2D eigenvalue weighted by Crippen LogP contribution is 2.32. The van der Waals surface area contributed by atoms with Crippen molar-refractivity contribution in [3.63, 3.8) is 0 Å². The van der Waals surface area contributed by atoms with Crippen molar-refractivity contribution in [1.82, 2.24) is 0 Å². The van der Waals surface area contributed by atoms with E-state index in [-0.39, 0.29) is 10.6 Å². The van der Waals surface area contributed by atoms with Crippen molar-refractivity contribution in [2.75, 3.05) is 11.1 Å². The Morgan fingerprint density at radius 3 is 2.88 bits per heavy atom. The van der Waals surface area contributed by atoms with Crippen LogP contribution < -0.4 is 5.32 Å². The second kappa shape index (κ2) is 4.96. The minimum Gasteiger partial charge on any atom is -0.376 e. The van der Waals surface area contributed by atoms with Gasteiger partial charge in [-0.3, -0.25) is 10.1 Å². The molecule has 2 rings (SSSR count). The fraction of sp³-hybridized carbons (Fsp3) is 0.500. The van der Waals surface area contributed by atoms with E-state index in [0.717, 1.165) is 17.7 Å². The molecule has 0 saturated carbocycles. The predicted molar refractivity (Wildman–Crippen MR) is 71.8 cm³/mol. The molecule has 1 N–H and O–H groups in total. The van der Waals surface area contributed by atoms with Gasteiger partial charge in [-0.15, -0.1) is 0 Å². The van der Waals surface area contributed by atoms with Crippen LogP contribution in [0.5, 0.6) is 0 Å². The first-order chi connectivity index (χ1) is 8.08. The normalized spacial score (nSPS) is 23.6. The number of benzene rings is 1. The van der Waals surface area contributed by atoms with Gasteiger partial charge in [-0.1, -0.05) is 13.0 Å². The highest BCUT2D eigenvalue weighted by atomic mass is 32.2. The monoisotopic (exact) mass is 252 g/mol. The second-order valence-corrected chi connectivity index (χ2v) is 5.88. The third kappa shape index (κ3) is 2.72. The Balaban J connectivity index is 2.22. The summed E-state index contributed by atoms with van der Waals surface area (Å²) in [6.07, 6.45) is 1.07. The van der Waals surface area contributed by atoms with Crippen molar-refractivity contribution in [3.8, 4) is 0 Å². The largest absolute Gasteiger partial charge is 0.376 e. The van der Waals surface area contributed by atoms with Gasteiger partial charge >= 0.3 is 0 Å². The van der Waals surface area contributed by atoms with Crippen molar-refractivity contribution >= 4 is 23.1 Å². The molecule has 0 radical (unpaired) electrons. The number of rotatable bonds is 3. The number of nitrogens with one attached hydrogen (secondary N) is 1. The lowest BCUT2D eigenvalue weighted by atomic mass is 10.1. The third-order valence-corrected chi connectivity index (χ3v) is 4.39. The van der Waals surface area contributed by atoms with Crippen molar-refractivity contribution in [2.45, 2.75) is 31.6 Å². The van der Waals surface area contributed by atoms with E-state index in [0.29, 0.717) is 17.0 Å². The molecule has 1 aromatic carbocycles. The number of nitro groups is 1. The SMILES string of the molecule is Cc1ccc(NC2CCSC2C)c([N+](=O)[O-])c1. The summed E-state index contributed by atoms with van der Waals surface area (Å²) in [6, 6.07) is 5.67. The summed E-state index contributed by atoms with van der Waals surface area (Å²) >= 11 is 1.91. The Labute approximate surface area is 105 Å². The molecule has 0 bridgehead atoms. The Morgan fingerprint density at radius 1 is 1.53 bits per heavy atom. The summed E-state index contributed by atoms with van der Waals surface area (Å²) in [5.74, 6) is 1.12. The fourth-order valence-electron chi connectivity index (χ4n) is 2.04. The molecule has 1 fully saturated rings. The predicted octanol–water partition coefficient (Wildman–Crippen LogP) is 3.21. The topological polar surface area (TPSA) is 55.2 Å². The molecule has 1 heterocycles. The van der Waals surface area contributed by atoms with Crippen molar-refractivity contribution in [1.29, 1.82) is 0 Å². The molecular formula is C12H16N2O2S. The molecule has 4 nitrogen and oxygen atoms in total. The van der Waals surface area contributed by atoms with E-state index in [1.54, 1.807) is 6.07 Å². The summed E-state index contributed by atoms with van der Waals surface area (Å²) in [7, 11) is 0. The lowest BCUT2D eigenvalue weighted by Crippen LogP contribution is -2.25. The van der Waals surface area contributed by atoms with E-state index in [4.69, 9.17) is 0 Å². The summed E-state index contributed by atoms with van der Waals surface area (Å²) in [5.41, 5.74) is 1.73. The lowest BCUT2D eigenvalue weighted by molar-refractivity contribution is -0.384. The lowest BCUT2D eigenvalue weighted by Gasteiger charge is -2.17. The van der Waals surface area contributed by atoms with Gasteiger partial charge in [0.1, 0.15) is 5.69 Å². The maximum Gasteiger partial charge on any atom is 0.292 e. The highest BCUT2D eigenvalue weighted by molar-refractivity contribution is 8.00. The molecule has 2 unspecified atom stereocenters. The van der Waals surface area contributed by atoms with Crippen molar-refractivity contribution in [3.05, 3.63) is 33.9 Å². The maximum absolute atomic E-state index is 11.0. The number of thioether (sulfide) groups is 1. The minimum absolute atomic E-state index is 0.175. The number of hydrogen-bond donors (Lipinski definition) is 1. The number of nitro benzene ring substituents is 1. The molecule has 0 amide bonds. The summed E-state index contributed by atoms with van der Waals surface area (Å²) in [5, 5.41) is 14.8. The van der Waals surface area contributed by atoms with Crippen LogP contribution in [0.4, 0.5) is 11.4 Å². The van der Waals surface area contributed by atoms with Gasteiger partial charge in [0.15, 0.2) is 0 Å². The average Bonchev–Trinajstić information content (AvgIpc) is 2.67. The number of nitrogens with zero attached hydrogens (tertiary/aromatic N) is 1. The Hall–Kier alpha value is -1.23. The second-order valence-electron chi connectivity index (χ2n) is 4.39. The zero-order chi connectivity index (χ0) is 12.4. The first-order valence-corrected chi connectivity index (χ1v) is 6.76. The van der Waals surface area contributed by atoms with Gasteiger partial charge < -0.3 is 5.32 Å². The molecular weight excluding hydrogens is 236 g/mol. The van der Waals surface area contributed by atoms with E-state index < -0.39 is 0 Å². The van der Waals surface area contributed by atoms with Crippen LogP contribution in [0.25, 0.3) is 0 Å². The van der Waals surface area contributed by atoms with E-state index in [2.05, 4.69) is 12.2 Å². The zero-order valence-corrected chi connectivity index (χ0v) is 10.8. The molecule has 1 aliphatic heterocycles. The molecule has 0 aromatic heterocycles. The standard InChI is InChI=1S/C12H16N2O2S/c1-8-3-4-11(12(7-8)14(15)16)13-10-5-6-17-9(10)2/h3-4,7,9-10,13H,5-6H2,1-2H3. The quantitative estimate of drug-likeness (QED) is 0.663. The van der Waals surface area contributed by atoms with Crippen LogP contribution in [-0.4, -0.2) is 22.0 Å². The number of anilines is 1. The van der Waals surface area contributed by atoms with Gasteiger partial charge in [-0.05, 0) is 30.7 Å². The van der Waals surface area contributed by atoms with E-state index in [1.807, 2.05) is 30.8 Å². The molecule has 92 valence electrons. The maximum atomic E-state index is 11.0. The van der Waals surface area contributed by atoms with E-state index >= 15 is 0 Å². The van der Waals surface area contributed by atoms with Crippen LogP contribution >= 0.6 is 11.8 Å². The molecule has 1 saturated heterocycles. The van der Waals surface area contributed by atoms with Crippen LogP contribution in [0.1, 0.15) is 18.9 Å². The van der Waals surface area contributed by atoms with Crippen LogP contribution in [-0.2, 0) is 0 Å². The molecule has 17 heavy (non-hydrogen) atoms. The van der Waals surface area contributed by atoms with Gasteiger partial charge in [0.25, 0.3) is 5.69 Å². The van der Waals surface area contributed by atoms with Crippen molar-refractivity contribution in [2.24, 2.45) is 0 Å². The fourth-order valence-corrected chi connectivity index (χ4v) is 3.23. The summed E-state index contributed by atoms with van der Waals surface area (Å²) < 4.78 is 0. The Bertz CT molecular complexity index is 437. The highest BCUT2D eigenvalue weighted by Gasteiger charge is 2.26. The van der Waals surface area contributed by atoms with Crippen LogP contribution in [0, 0.1) is 17.0 Å². The molecule has 1 aliphatic rings. The first-order valence-electron chi connectivity index (χ1n) is 5.71. The number of hydrogen-bond acceptors (Lipinski definition) is 4. The van der Waals surface area contributed by atoms with E-state index in [1.165, 1.54) is 0 Å².